The Morgan fingerprint density at radius 1 is 1.14 bits per heavy atom. The Balaban J connectivity index is 0.00000280. The van der Waals surface area contributed by atoms with E-state index in [9.17, 15) is 0 Å². The minimum Gasteiger partial charge on any atom is -0.379 e. The van der Waals surface area contributed by atoms with Gasteiger partial charge in [0, 0.05) is 33.3 Å². The molecule has 0 atom stereocenters. The molecule has 1 aromatic carbocycles. The van der Waals surface area contributed by atoms with Crippen LogP contribution in [0.4, 0.5) is 0 Å². The summed E-state index contributed by atoms with van der Waals surface area (Å²) in [5, 5.41) is 3.56. The second-order valence-corrected chi connectivity index (χ2v) is 7.85. The molecule has 28 heavy (non-hydrogen) atoms. The molecule has 1 aromatic rings. The molecular weight excluding hydrogens is 465 g/mol. The smallest absolute Gasteiger partial charge is 0.193 e. The molecule has 0 aromatic heterocycles. The maximum Gasteiger partial charge on any atom is 0.193 e. The van der Waals surface area contributed by atoms with E-state index in [1.54, 1.807) is 0 Å². The number of nitrogens with zero attached hydrogens (tertiary/aromatic N) is 2. The van der Waals surface area contributed by atoms with Gasteiger partial charge in [-0.05, 0) is 42.7 Å². The van der Waals surface area contributed by atoms with Gasteiger partial charge >= 0.3 is 0 Å². The van der Waals surface area contributed by atoms with Gasteiger partial charge < -0.3 is 19.7 Å². The first-order valence-corrected chi connectivity index (χ1v) is 10.4. The summed E-state index contributed by atoms with van der Waals surface area (Å²) >= 11 is 0. The number of benzene rings is 1. The fourth-order valence-electron chi connectivity index (χ4n) is 4.44. The molecular formula is C22H36IN3O2. The Morgan fingerprint density at radius 3 is 2.64 bits per heavy atom. The van der Waals surface area contributed by atoms with Crippen molar-refractivity contribution in [2.24, 2.45) is 10.4 Å². The van der Waals surface area contributed by atoms with Crippen molar-refractivity contribution < 1.29 is 9.47 Å². The average Bonchev–Trinajstić information content (AvgIpc) is 3.33. The molecule has 5 nitrogen and oxygen atoms in total. The first-order chi connectivity index (χ1) is 13.2. The molecule has 1 saturated heterocycles. The number of hydrogen-bond donors (Lipinski definition) is 1. The molecule has 158 valence electrons. The van der Waals surface area contributed by atoms with Crippen LogP contribution in [0.15, 0.2) is 29.3 Å². The molecule has 1 spiro atoms. The summed E-state index contributed by atoms with van der Waals surface area (Å²) in [6, 6.07) is 8.59. The van der Waals surface area contributed by atoms with E-state index in [0.29, 0.717) is 25.2 Å². The number of rotatable bonds is 8. The quantitative estimate of drug-likeness (QED) is 0.251. The molecule has 2 aliphatic rings. The second kappa shape index (κ2) is 12.0. The van der Waals surface area contributed by atoms with Gasteiger partial charge in [-0.2, -0.15) is 0 Å². The highest BCUT2D eigenvalue weighted by atomic mass is 127. The van der Waals surface area contributed by atoms with Crippen LogP contribution in [-0.4, -0.2) is 50.8 Å². The van der Waals surface area contributed by atoms with Crippen molar-refractivity contribution >= 4 is 29.9 Å². The number of ether oxygens (including phenoxy) is 2. The largest absolute Gasteiger partial charge is 0.379 e. The van der Waals surface area contributed by atoms with Crippen LogP contribution in [-0.2, 0) is 22.6 Å². The van der Waals surface area contributed by atoms with E-state index in [4.69, 9.17) is 9.47 Å². The molecule has 1 aliphatic heterocycles. The molecule has 0 unspecified atom stereocenters. The number of aliphatic imine (C=N–C) groups is 1. The zero-order chi connectivity index (χ0) is 19.0. The van der Waals surface area contributed by atoms with Crippen molar-refractivity contribution in [2.45, 2.75) is 52.2 Å². The van der Waals surface area contributed by atoms with Crippen molar-refractivity contribution in [2.75, 3.05) is 40.0 Å². The number of likely N-dealkylation sites (tertiary alicyclic amines) is 1. The topological polar surface area (TPSA) is 46.1 Å². The van der Waals surface area contributed by atoms with Gasteiger partial charge in [-0.3, -0.25) is 4.99 Å². The lowest BCUT2D eigenvalue weighted by molar-refractivity contribution is 0.0453. The first kappa shape index (κ1) is 23.4. The third-order valence-corrected chi connectivity index (χ3v) is 5.90. The minimum absolute atomic E-state index is 0. The van der Waals surface area contributed by atoms with Crippen LogP contribution in [0, 0.1) is 5.41 Å². The van der Waals surface area contributed by atoms with Crippen LogP contribution < -0.4 is 5.32 Å². The lowest BCUT2D eigenvalue weighted by Crippen LogP contribution is -2.40. The molecule has 0 bridgehead atoms. The number of nitrogens with one attached hydrogen (secondary N) is 1. The predicted molar refractivity (Wildman–Crippen MR) is 125 cm³/mol. The van der Waals surface area contributed by atoms with Gasteiger partial charge in [0.1, 0.15) is 0 Å². The molecule has 1 aliphatic carbocycles. The highest BCUT2D eigenvalue weighted by molar-refractivity contribution is 14.0. The van der Waals surface area contributed by atoms with E-state index in [2.05, 4.69) is 39.5 Å². The Kier molecular flexibility index (Phi) is 10.0. The highest BCUT2D eigenvalue weighted by Crippen LogP contribution is 2.45. The normalized spacial score (nSPS) is 18.5. The summed E-state index contributed by atoms with van der Waals surface area (Å²) in [6.45, 7) is 7.76. The maximum atomic E-state index is 5.68. The lowest BCUT2D eigenvalue weighted by Gasteiger charge is -2.26. The van der Waals surface area contributed by atoms with Gasteiger partial charge in [-0.1, -0.05) is 37.1 Å². The standard InChI is InChI=1S/C22H35N3O2.HI/c1-3-26-13-14-27-17-20-8-6-7-19(15-20)16-24-21(23-2)25-12-11-22(18-25)9-4-5-10-22;/h6-8,15H,3-5,9-14,16-18H2,1-2H3,(H,23,24);1H. The maximum absolute atomic E-state index is 5.68. The van der Waals surface area contributed by atoms with Gasteiger partial charge in [0.15, 0.2) is 5.96 Å². The van der Waals surface area contributed by atoms with Gasteiger partial charge in [0.25, 0.3) is 0 Å². The van der Waals surface area contributed by atoms with Crippen LogP contribution in [0.5, 0.6) is 0 Å². The van der Waals surface area contributed by atoms with E-state index in [1.165, 1.54) is 49.8 Å². The van der Waals surface area contributed by atoms with Gasteiger partial charge in [0.05, 0.1) is 19.8 Å². The van der Waals surface area contributed by atoms with Crippen molar-refractivity contribution in [3.63, 3.8) is 0 Å². The average molecular weight is 501 g/mol. The molecule has 1 heterocycles. The SMILES string of the molecule is CCOCCOCc1cccc(CNC(=NC)N2CCC3(CCCC3)C2)c1.I. The summed E-state index contributed by atoms with van der Waals surface area (Å²) < 4.78 is 11.0. The molecule has 1 saturated carbocycles. The molecule has 3 rings (SSSR count). The van der Waals surface area contributed by atoms with Crippen LogP contribution in [0.25, 0.3) is 0 Å². The summed E-state index contributed by atoms with van der Waals surface area (Å²) in [4.78, 5) is 6.98. The van der Waals surface area contributed by atoms with E-state index in [1.807, 2.05) is 14.0 Å². The van der Waals surface area contributed by atoms with Crippen LogP contribution in [0.1, 0.15) is 50.2 Å². The number of guanidine groups is 1. The van der Waals surface area contributed by atoms with E-state index < -0.39 is 0 Å². The Labute approximate surface area is 187 Å². The summed E-state index contributed by atoms with van der Waals surface area (Å²) in [5.74, 6) is 1.04. The highest BCUT2D eigenvalue weighted by Gasteiger charge is 2.40. The van der Waals surface area contributed by atoms with Crippen LogP contribution in [0.3, 0.4) is 0 Å². The zero-order valence-electron chi connectivity index (χ0n) is 17.4. The summed E-state index contributed by atoms with van der Waals surface area (Å²) in [6.07, 6.45) is 6.92. The first-order valence-electron chi connectivity index (χ1n) is 10.4. The molecule has 0 radical (unpaired) electrons. The lowest BCUT2D eigenvalue weighted by atomic mass is 9.86. The monoisotopic (exact) mass is 501 g/mol. The Bertz CT molecular complexity index is 618. The Morgan fingerprint density at radius 2 is 1.89 bits per heavy atom. The summed E-state index contributed by atoms with van der Waals surface area (Å²) in [5.41, 5.74) is 3.03. The fraction of sp³-hybridized carbons (Fsp3) is 0.682. The van der Waals surface area contributed by atoms with Crippen molar-refractivity contribution in [3.05, 3.63) is 35.4 Å². The molecule has 1 N–H and O–H groups in total. The van der Waals surface area contributed by atoms with Crippen molar-refractivity contribution in [1.29, 1.82) is 0 Å². The molecule has 2 fully saturated rings. The van der Waals surface area contributed by atoms with Crippen molar-refractivity contribution in [3.8, 4) is 0 Å². The summed E-state index contributed by atoms with van der Waals surface area (Å²) in [7, 11) is 1.89. The number of hydrogen-bond acceptors (Lipinski definition) is 3. The molecule has 0 amide bonds. The van der Waals surface area contributed by atoms with Crippen LogP contribution >= 0.6 is 24.0 Å². The van der Waals surface area contributed by atoms with E-state index in [0.717, 1.165) is 25.7 Å². The third kappa shape index (κ3) is 6.59. The van der Waals surface area contributed by atoms with Gasteiger partial charge in [0.2, 0.25) is 0 Å². The van der Waals surface area contributed by atoms with Gasteiger partial charge in [-0.25, -0.2) is 0 Å². The predicted octanol–water partition coefficient (Wildman–Crippen LogP) is 4.20. The van der Waals surface area contributed by atoms with Crippen LogP contribution in [0.2, 0.25) is 0 Å². The molecule has 6 heteroatoms. The zero-order valence-corrected chi connectivity index (χ0v) is 19.7. The Hall–Kier alpha value is -0.860. The number of halogens is 1. The fourth-order valence-corrected chi connectivity index (χ4v) is 4.44. The van der Waals surface area contributed by atoms with E-state index >= 15 is 0 Å². The van der Waals surface area contributed by atoms with Gasteiger partial charge in [-0.15, -0.1) is 24.0 Å². The second-order valence-electron chi connectivity index (χ2n) is 7.85. The van der Waals surface area contributed by atoms with Crippen molar-refractivity contribution in [1.82, 2.24) is 10.2 Å². The minimum atomic E-state index is 0. The van der Waals surface area contributed by atoms with E-state index in [-0.39, 0.29) is 24.0 Å². The third-order valence-electron chi connectivity index (χ3n) is 5.90.